The van der Waals surface area contributed by atoms with Gasteiger partial charge in [0, 0.05) is 5.75 Å². The summed E-state index contributed by atoms with van der Waals surface area (Å²) in [4.78, 5) is 0. The number of hydrogen-bond donors (Lipinski definition) is 0. The van der Waals surface area contributed by atoms with E-state index in [1.54, 1.807) is 0 Å². The normalized spacial score (nSPS) is 21.7. The van der Waals surface area contributed by atoms with E-state index >= 15 is 0 Å². The maximum absolute atomic E-state index is 10.1. The molecule has 0 aromatic rings. The lowest BCUT2D eigenvalue weighted by Gasteiger charge is -2.03. The Morgan fingerprint density at radius 3 is 3.00 bits per heavy atom. The second kappa shape index (κ2) is 3.13. The molecule has 1 rings (SSSR count). The summed E-state index contributed by atoms with van der Waals surface area (Å²) < 4.78 is 20.2. The lowest BCUT2D eigenvalue weighted by molar-refractivity contribution is 0.539. The topological polar surface area (TPSA) is 40.1 Å². The van der Waals surface area contributed by atoms with Gasteiger partial charge >= 0.3 is 0 Å². The third-order valence-corrected chi connectivity index (χ3v) is 2.04. The van der Waals surface area contributed by atoms with Crippen LogP contribution in [0, 0.1) is 0 Å². The maximum Gasteiger partial charge on any atom is 0.0312 e. The highest BCUT2D eigenvalue weighted by molar-refractivity contribution is 7.79. The molecule has 52 valence electrons. The molecule has 0 saturated heterocycles. The molecule has 1 atom stereocenters. The summed E-state index contributed by atoms with van der Waals surface area (Å²) in [6.45, 7) is 0. The number of rotatable bonds is 2. The van der Waals surface area contributed by atoms with E-state index in [-0.39, 0.29) is 5.75 Å². The first-order chi connectivity index (χ1) is 4.29. The highest BCUT2D eigenvalue weighted by Crippen LogP contribution is 2.17. The Hall–Kier alpha value is -0.150. The second-order valence-corrected chi connectivity index (χ2v) is 3.10. The average Bonchev–Trinajstić information content (AvgIpc) is 2.15. The maximum atomic E-state index is 10.1. The molecule has 9 heavy (non-hydrogen) atoms. The van der Waals surface area contributed by atoms with Crippen molar-refractivity contribution in [2.75, 3.05) is 5.75 Å². The third kappa shape index (κ3) is 2.28. The summed E-state index contributed by atoms with van der Waals surface area (Å²) in [7, 11) is 0. The van der Waals surface area contributed by atoms with E-state index in [4.69, 9.17) is 0 Å². The van der Waals surface area contributed by atoms with Crippen molar-refractivity contribution < 1.29 is 8.76 Å². The molecule has 1 aliphatic carbocycles. The predicted octanol–water partition coefficient (Wildman–Crippen LogP) is 0.976. The molecule has 0 N–H and O–H groups in total. The van der Waals surface area contributed by atoms with Gasteiger partial charge in [-0.15, -0.1) is 0 Å². The Bertz CT molecular complexity index is 151. The van der Waals surface area contributed by atoms with Crippen LogP contribution in [-0.4, -0.2) is 14.5 Å². The van der Waals surface area contributed by atoms with Crippen LogP contribution in [0.3, 0.4) is 0 Å². The van der Waals surface area contributed by atoms with E-state index in [9.17, 15) is 8.76 Å². The van der Waals surface area contributed by atoms with E-state index in [1.165, 1.54) is 0 Å². The molecule has 1 aliphatic rings. The van der Waals surface area contributed by atoms with Gasteiger partial charge in [-0.3, -0.25) is 4.21 Å². The standard InChI is InChI=1S/C6H10O2S/c7-9(8)5-6-3-1-2-4-6/h3H,1-2,4-5H2,(H,7,8)/p-1. The van der Waals surface area contributed by atoms with Crippen LogP contribution in [0.1, 0.15) is 19.3 Å². The first kappa shape index (κ1) is 6.96. The molecule has 0 aromatic heterocycles. The molecule has 0 aromatic carbocycles. The van der Waals surface area contributed by atoms with Crippen molar-refractivity contribution in [1.82, 2.24) is 0 Å². The molecule has 0 aliphatic heterocycles. The van der Waals surface area contributed by atoms with Crippen LogP contribution in [0.15, 0.2) is 11.6 Å². The zero-order chi connectivity index (χ0) is 6.69. The Morgan fingerprint density at radius 2 is 2.56 bits per heavy atom. The van der Waals surface area contributed by atoms with Gasteiger partial charge in [0.15, 0.2) is 0 Å². The molecule has 0 spiro atoms. The number of hydrogen-bond acceptors (Lipinski definition) is 2. The Morgan fingerprint density at radius 1 is 1.78 bits per heavy atom. The number of allylic oxidation sites excluding steroid dienone is 1. The summed E-state index contributed by atoms with van der Waals surface area (Å²) in [5.74, 6) is 0.250. The summed E-state index contributed by atoms with van der Waals surface area (Å²) in [5.41, 5.74) is 1.09. The zero-order valence-electron chi connectivity index (χ0n) is 5.13. The molecular weight excluding hydrogens is 136 g/mol. The van der Waals surface area contributed by atoms with E-state index < -0.39 is 11.1 Å². The fourth-order valence-corrected chi connectivity index (χ4v) is 1.58. The minimum absolute atomic E-state index is 0.250. The van der Waals surface area contributed by atoms with Crippen LogP contribution in [0.25, 0.3) is 0 Å². The van der Waals surface area contributed by atoms with E-state index in [0.717, 1.165) is 24.8 Å². The van der Waals surface area contributed by atoms with Gasteiger partial charge in [-0.1, -0.05) is 22.7 Å². The van der Waals surface area contributed by atoms with Gasteiger partial charge in [0.1, 0.15) is 0 Å². The Labute approximate surface area is 57.2 Å². The van der Waals surface area contributed by atoms with Crippen molar-refractivity contribution in [2.24, 2.45) is 0 Å². The SMILES string of the molecule is O=S([O-])CC1=CCCC1. The highest BCUT2D eigenvalue weighted by atomic mass is 32.2. The van der Waals surface area contributed by atoms with Crippen molar-refractivity contribution in [2.45, 2.75) is 19.3 Å². The van der Waals surface area contributed by atoms with Crippen LogP contribution in [0.5, 0.6) is 0 Å². The van der Waals surface area contributed by atoms with Crippen LogP contribution in [0.4, 0.5) is 0 Å². The zero-order valence-corrected chi connectivity index (χ0v) is 5.95. The van der Waals surface area contributed by atoms with Crippen molar-refractivity contribution in [3.8, 4) is 0 Å². The second-order valence-electron chi connectivity index (χ2n) is 2.20. The van der Waals surface area contributed by atoms with Crippen molar-refractivity contribution in [1.29, 1.82) is 0 Å². The lowest BCUT2D eigenvalue weighted by Crippen LogP contribution is -1.96. The summed E-state index contributed by atoms with van der Waals surface area (Å²) in [5, 5.41) is 0. The molecule has 3 heteroatoms. The van der Waals surface area contributed by atoms with E-state index in [1.807, 2.05) is 6.08 Å². The molecule has 0 fully saturated rings. The fourth-order valence-electron chi connectivity index (χ4n) is 1.02. The predicted molar refractivity (Wildman–Crippen MR) is 35.7 cm³/mol. The monoisotopic (exact) mass is 145 g/mol. The summed E-state index contributed by atoms with van der Waals surface area (Å²) in [6, 6.07) is 0. The Kier molecular flexibility index (Phi) is 2.42. The van der Waals surface area contributed by atoms with Crippen molar-refractivity contribution in [3.05, 3.63) is 11.6 Å². The molecule has 0 saturated carbocycles. The summed E-state index contributed by atoms with van der Waals surface area (Å²) >= 11 is -1.87. The fraction of sp³-hybridized carbons (Fsp3) is 0.667. The van der Waals surface area contributed by atoms with Gasteiger partial charge in [0.2, 0.25) is 0 Å². The Balaban J connectivity index is 2.35. The average molecular weight is 145 g/mol. The molecule has 2 nitrogen and oxygen atoms in total. The minimum atomic E-state index is -1.87. The van der Waals surface area contributed by atoms with Gasteiger partial charge in [-0.05, 0) is 19.3 Å². The smallest absolute Gasteiger partial charge is 0.0312 e. The third-order valence-electron chi connectivity index (χ3n) is 1.44. The van der Waals surface area contributed by atoms with Gasteiger partial charge in [-0.25, -0.2) is 0 Å². The van der Waals surface area contributed by atoms with E-state index in [2.05, 4.69) is 0 Å². The first-order valence-corrected chi connectivity index (χ1v) is 4.27. The van der Waals surface area contributed by atoms with Gasteiger partial charge in [-0.2, -0.15) is 0 Å². The van der Waals surface area contributed by atoms with Crippen molar-refractivity contribution in [3.63, 3.8) is 0 Å². The molecule has 0 bridgehead atoms. The van der Waals surface area contributed by atoms with Gasteiger partial charge in [0.05, 0.1) is 0 Å². The molecule has 1 unspecified atom stereocenters. The molecule has 0 amide bonds. The first-order valence-electron chi connectivity index (χ1n) is 3.03. The molecule has 0 heterocycles. The molecular formula is C6H9O2S-. The summed E-state index contributed by atoms with van der Waals surface area (Å²) in [6.07, 6.45) is 5.20. The van der Waals surface area contributed by atoms with Crippen LogP contribution >= 0.6 is 0 Å². The lowest BCUT2D eigenvalue weighted by atomic mass is 10.3. The van der Waals surface area contributed by atoms with Gasteiger partial charge < -0.3 is 4.55 Å². The van der Waals surface area contributed by atoms with Crippen LogP contribution in [-0.2, 0) is 11.1 Å². The van der Waals surface area contributed by atoms with E-state index in [0.29, 0.717) is 0 Å². The highest BCUT2D eigenvalue weighted by Gasteiger charge is 2.02. The molecule has 0 radical (unpaired) electrons. The van der Waals surface area contributed by atoms with Gasteiger partial charge in [0.25, 0.3) is 0 Å². The van der Waals surface area contributed by atoms with Crippen molar-refractivity contribution >= 4 is 11.1 Å². The largest absolute Gasteiger partial charge is 0.772 e. The minimum Gasteiger partial charge on any atom is -0.772 e. The van der Waals surface area contributed by atoms with Crippen LogP contribution in [0.2, 0.25) is 0 Å². The quantitative estimate of drug-likeness (QED) is 0.429. The van der Waals surface area contributed by atoms with Crippen LogP contribution < -0.4 is 0 Å².